The fraction of sp³-hybridized carbons (Fsp3) is 0.560. The average Bonchev–Trinajstić information content (AvgIpc) is 3.67. The van der Waals surface area contributed by atoms with Crippen LogP contribution in [0.5, 0.6) is 5.75 Å². The highest BCUT2D eigenvalue weighted by Gasteiger charge is 2.35. The highest BCUT2D eigenvalue weighted by molar-refractivity contribution is 7.15. The van der Waals surface area contributed by atoms with Crippen LogP contribution in [-0.2, 0) is 20.7 Å². The fourth-order valence-electron chi connectivity index (χ4n) is 4.56. The second kappa shape index (κ2) is 12.1. The third-order valence-corrected chi connectivity index (χ3v) is 7.81. The van der Waals surface area contributed by atoms with Crippen LogP contribution in [0.3, 0.4) is 0 Å². The Kier molecular flexibility index (Phi) is 8.51. The van der Waals surface area contributed by atoms with Gasteiger partial charge < -0.3 is 24.6 Å². The van der Waals surface area contributed by atoms with Gasteiger partial charge in [0, 0.05) is 50.7 Å². The number of benzene rings is 1. The molecule has 3 fully saturated rings. The first-order valence-corrected chi connectivity index (χ1v) is 13.9. The van der Waals surface area contributed by atoms with Crippen LogP contribution in [0.2, 0.25) is 0 Å². The second-order valence-corrected chi connectivity index (χ2v) is 10.9. The Bertz CT molecular complexity index is 1240. The van der Waals surface area contributed by atoms with Crippen molar-refractivity contribution < 1.29 is 37.0 Å². The number of Topliss-reactive ketones (excluding diaryl/α,β-unsaturated/α-hetero) is 1. The predicted molar refractivity (Wildman–Crippen MR) is 138 cm³/mol. The molecule has 0 unspecified atom stereocenters. The number of carbonyl (C=O) groups is 3. The molecule has 2 aromatic rings. The van der Waals surface area contributed by atoms with Gasteiger partial charge in [0.2, 0.25) is 16.9 Å². The van der Waals surface area contributed by atoms with Crippen LogP contribution < -0.4 is 15.0 Å². The Balaban J connectivity index is 1.22. The monoisotopic (exact) mass is 582 g/mol. The zero-order valence-electron chi connectivity index (χ0n) is 21.6. The maximum absolute atomic E-state index is 13.0. The lowest BCUT2D eigenvalue weighted by atomic mass is 10.1. The summed E-state index contributed by atoms with van der Waals surface area (Å²) < 4.78 is 48.2. The molecular formula is C25H29F3N6O5S. The summed E-state index contributed by atoms with van der Waals surface area (Å²) in [6.45, 7) is 4.39. The van der Waals surface area contributed by atoms with E-state index >= 15 is 0 Å². The number of carbonyl (C=O) groups excluding carboxylic acids is 3. The van der Waals surface area contributed by atoms with Gasteiger partial charge in [0.25, 0.3) is 0 Å². The summed E-state index contributed by atoms with van der Waals surface area (Å²) in [5.41, 5.74) is -0.154. The molecule has 5 rings (SSSR count). The molecule has 216 valence electrons. The van der Waals surface area contributed by atoms with E-state index in [1.54, 1.807) is 0 Å². The number of nitrogens with zero attached hydrogens (tertiary/aromatic N) is 5. The van der Waals surface area contributed by atoms with Crippen LogP contribution in [0.15, 0.2) is 18.2 Å². The van der Waals surface area contributed by atoms with E-state index in [2.05, 4.69) is 20.3 Å². The molecule has 0 bridgehead atoms. The van der Waals surface area contributed by atoms with Gasteiger partial charge in [0.15, 0.2) is 11.5 Å². The molecule has 2 amide bonds. The van der Waals surface area contributed by atoms with Crippen molar-refractivity contribution in [2.45, 2.75) is 25.6 Å². The summed E-state index contributed by atoms with van der Waals surface area (Å²) >= 11 is 1.26. The number of rotatable bonds is 9. The fourth-order valence-corrected chi connectivity index (χ4v) is 5.45. The number of hydrogen-bond donors (Lipinski definition) is 1. The lowest BCUT2D eigenvalue weighted by molar-refractivity contribution is -0.274. The van der Waals surface area contributed by atoms with Crippen LogP contribution >= 0.6 is 11.3 Å². The number of morpholine rings is 1. The first kappa shape index (κ1) is 28.2. The van der Waals surface area contributed by atoms with Gasteiger partial charge in [-0.3, -0.25) is 19.3 Å². The van der Waals surface area contributed by atoms with Crippen molar-refractivity contribution in [2.75, 3.05) is 69.2 Å². The van der Waals surface area contributed by atoms with Crippen LogP contribution in [0.4, 0.5) is 24.0 Å². The van der Waals surface area contributed by atoms with E-state index in [-0.39, 0.29) is 36.0 Å². The maximum Gasteiger partial charge on any atom is 0.573 e. The number of nitrogens with one attached hydrogen (secondary N) is 1. The van der Waals surface area contributed by atoms with E-state index in [1.165, 1.54) is 23.5 Å². The van der Waals surface area contributed by atoms with E-state index in [1.807, 2.05) is 14.7 Å². The van der Waals surface area contributed by atoms with Gasteiger partial charge in [-0.15, -0.1) is 23.4 Å². The highest BCUT2D eigenvalue weighted by Crippen LogP contribution is 2.33. The van der Waals surface area contributed by atoms with E-state index in [4.69, 9.17) is 4.74 Å². The molecule has 1 aromatic carbocycles. The molecule has 0 spiro atoms. The molecule has 40 heavy (non-hydrogen) atoms. The molecular weight excluding hydrogens is 553 g/mol. The van der Waals surface area contributed by atoms with E-state index in [9.17, 15) is 27.6 Å². The van der Waals surface area contributed by atoms with Crippen LogP contribution in [0.25, 0.3) is 0 Å². The normalized spacial score (nSPS) is 18.5. The van der Waals surface area contributed by atoms with Crippen LogP contribution in [0, 0.1) is 5.92 Å². The number of anilines is 2. The largest absolute Gasteiger partial charge is 0.573 e. The van der Waals surface area contributed by atoms with Crippen molar-refractivity contribution in [3.05, 3.63) is 28.8 Å². The minimum atomic E-state index is -4.98. The van der Waals surface area contributed by atoms with Gasteiger partial charge >= 0.3 is 6.36 Å². The Labute approximate surface area is 232 Å². The molecule has 15 heteroatoms. The van der Waals surface area contributed by atoms with E-state index in [0.29, 0.717) is 62.6 Å². The minimum absolute atomic E-state index is 0.0381. The molecule has 1 aromatic heterocycles. The number of ketones is 1. The molecule has 11 nitrogen and oxygen atoms in total. The average molecular weight is 583 g/mol. The number of piperazine rings is 1. The summed E-state index contributed by atoms with van der Waals surface area (Å²) in [5, 5.41) is 11.9. The number of ether oxygens (including phenoxy) is 2. The quantitative estimate of drug-likeness (QED) is 0.444. The van der Waals surface area contributed by atoms with Gasteiger partial charge in [-0.1, -0.05) is 11.3 Å². The Hall–Kier alpha value is -3.30. The summed E-state index contributed by atoms with van der Waals surface area (Å²) in [7, 11) is 0. The smallest absolute Gasteiger partial charge is 0.404 e. The van der Waals surface area contributed by atoms with Gasteiger partial charge in [-0.2, -0.15) is 0 Å². The molecule has 3 aliphatic rings. The maximum atomic E-state index is 13.0. The number of aromatic nitrogens is 2. The van der Waals surface area contributed by atoms with E-state index in [0.717, 1.165) is 18.9 Å². The van der Waals surface area contributed by atoms with Gasteiger partial charge in [0.05, 0.1) is 31.9 Å². The van der Waals surface area contributed by atoms with Crippen LogP contribution in [-0.4, -0.2) is 103 Å². The van der Waals surface area contributed by atoms with Crippen molar-refractivity contribution in [3.63, 3.8) is 0 Å². The lowest BCUT2D eigenvalue weighted by Crippen LogP contribution is -2.49. The minimum Gasteiger partial charge on any atom is -0.404 e. The van der Waals surface area contributed by atoms with Gasteiger partial charge in [-0.05, 0) is 31.0 Å². The second-order valence-electron chi connectivity index (χ2n) is 9.86. The summed E-state index contributed by atoms with van der Waals surface area (Å²) in [6.07, 6.45) is -3.16. The van der Waals surface area contributed by atoms with Crippen molar-refractivity contribution in [1.82, 2.24) is 20.0 Å². The molecule has 1 saturated carbocycles. The molecule has 0 atom stereocenters. The Morgan fingerprint density at radius 3 is 2.45 bits per heavy atom. The molecule has 1 aliphatic carbocycles. The zero-order valence-corrected chi connectivity index (χ0v) is 22.4. The summed E-state index contributed by atoms with van der Waals surface area (Å²) in [5.74, 6) is -1.15. The number of hydrogen-bond acceptors (Lipinski definition) is 10. The van der Waals surface area contributed by atoms with Gasteiger partial charge in [-0.25, -0.2) is 0 Å². The highest BCUT2D eigenvalue weighted by atomic mass is 32.1. The molecule has 3 heterocycles. The number of alkyl halides is 3. The van der Waals surface area contributed by atoms with Crippen molar-refractivity contribution in [2.24, 2.45) is 5.92 Å². The predicted octanol–water partition coefficient (Wildman–Crippen LogP) is 2.19. The molecule has 0 radical (unpaired) electrons. The zero-order chi connectivity index (χ0) is 28.3. The SMILES string of the molecule is O=C(CN1CCOCC1)Nc1cc(C(=O)Cc2nnc(N3CCN(C(=O)C4CC4)CC3)s2)ccc1OC(F)(F)F. The molecule has 2 aliphatic heterocycles. The summed E-state index contributed by atoms with van der Waals surface area (Å²) in [4.78, 5) is 43.6. The molecule has 2 saturated heterocycles. The standard InChI is InChI=1S/C25H29F3N6O5S/c26-25(27,28)39-20-4-3-17(13-18(20)29-21(36)15-32-9-11-38-12-10-32)19(35)14-22-30-31-24(40-22)34-7-5-33(6-8-34)23(37)16-1-2-16/h3-4,13,16H,1-2,5-12,14-15H2,(H,29,36). The Morgan fingerprint density at radius 2 is 1.77 bits per heavy atom. The van der Waals surface area contributed by atoms with Crippen molar-refractivity contribution >= 4 is 39.8 Å². The third-order valence-electron chi connectivity index (χ3n) is 6.83. The topological polar surface area (TPSA) is 117 Å². The molecule has 1 N–H and O–H groups in total. The van der Waals surface area contributed by atoms with Crippen molar-refractivity contribution in [1.29, 1.82) is 0 Å². The van der Waals surface area contributed by atoms with Gasteiger partial charge in [0.1, 0.15) is 5.01 Å². The van der Waals surface area contributed by atoms with Crippen LogP contribution in [0.1, 0.15) is 28.2 Å². The number of halogens is 3. The van der Waals surface area contributed by atoms with E-state index < -0.39 is 23.8 Å². The Morgan fingerprint density at radius 1 is 1.05 bits per heavy atom. The lowest BCUT2D eigenvalue weighted by Gasteiger charge is -2.34. The first-order chi connectivity index (χ1) is 19.1. The van der Waals surface area contributed by atoms with Crippen molar-refractivity contribution in [3.8, 4) is 5.75 Å². The summed E-state index contributed by atoms with van der Waals surface area (Å²) in [6, 6.07) is 3.41. The third kappa shape index (κ3) is 7.46. The first-order valence-electron chi connectivity index (χ1n) is 13.0. The number of amides is 2.